The Labute approximate surface area is 122 Å². The van der Waals surface area contributed by atoms with Gasteiger partial charge in [0.1, 0.15) is 0 Å². The number of hydrogen-bond donors (Lipinski definition) is 3. The van der Waals surface area contributed by atoms with Crippen LogP contribution in [0.4, 0.5) is 0 Å². The molecule has 0 atom stereocenters. The van der Waals surface area contributed by atoms with Gasteiger partial charge in [-0.15, -0.1) is 0 Å². The van der Waals surface area contributed by atoms with E-state index in [-0.39, 0.29) is 17.0 Å². The summed E-state index contributed by atoms with van der Waals surface area (Å²) >= 11 is 0. The largest absolute Gasteiger partial charge is 0.478 e. The first-order valence-electron chi connectivity index (χ1n) is 6.13. The van der Waals surface area contributed by atoms with Crippen LogP contribution in [0.15, 0.2) is 29.3 Å². The van der Waals surface area contributed by atoms with Crippen LogP contribution in [-0.2, 0) is 16.6 Å². The van der Waals surface area contributed by atoms with Crippen LogP contribution < -0.4 is 4.72 Å². The number of nitrogens with one attached hydrogen (secondary N) is 2. The molecule has 1 aromatic carbocycles. The van der Waals surface area contributed by atoms with Gasteiger partial charge in [-0.1, -0.05) is 6.07 Å². The summed E-state index contributed by atoms with van der Waals surface area (Å²) in [6.45, 7) is 3.31. The maximum atomic E-state index is 12.3. The third-order valence-corrected chi connectivity index (χ3v) is 4.60. The summed E-state index contributed by atoms with van der Waals surface area (Å²) in [5.74, 6) is -1.16. The maximum absolute atomic E-state index is 12.3. The van der Waals surface area contributed by atoms with Crippen LogP contribution in [0.5, 0.6) is 0 Å². The van der Waals surface area contributed by atoms with Gasteiger partial charge in [0.25, 0.3) is 0 Å². The van der Waals surface area contributed by atoms with Gasteiger partial charge in [-0.05, 0) is 37.1 Å². The highest BCUT2D eigenvalue weighted by atomic mass is 32.2. The molecule has 7 nitrogen and oxygen atoms in total. The first-order chi connectivity index (χ1) is 9.81. The molecule has 0 unspecified atom stereocenters. The van der Waals surface area contributed by atoms with Crippen LogP contribution in [0, 0.1) is 13.8 Å². The zero-order valence-electron chi connectivity index (χ0n) is 11.5. The molecule has 0 saturated heterocycles. The molecule has 0 bridgehead atoms. The molecule has 0 aliphatic rings. The summed E-state index contributed by atoms with van der Waals surface area (Å²) in [7, 11) is -3.80. The first-order valence-corrected chi connectivity index (χ1v) is 7.62. The predicted octanol–water partition coefficient (Wildman–Crippen LogP) is 1.20. The van der Waals surface area contributed by atoms with Gasteiger partial charge in [-0.3, -0.25) is 5.10 Å². The van der Waals surface area contributed by atoms with Gasteiger partial charge in [-0.25, -0.2) is 17.9 Å². The van der Waals surface area contributed by atoms with Crippen molar-refractivity contribution in [3.05, 3.63) is 46.8 Å². The van der Waals surface area contributed by atoms with E-state index < -0.39 is 16.0 Å². The molecule has 112 valence electrons. The molecular weight excluding hydrogens is 294 g/mol. The number of aromatic nitrogens is 2. The highest BCUT2D eigenvalue weighted by molar-refractivity contribution is 7.89. The van der Waals surface area contributed by atoms with Crippen molar-refractivity contribution in [2.75, 3.05) is 0 Å². The second kappa shape index (κ2) is 5.66. The quantitative estimate of drug-likeness (QED) is 0.768. The van der Waals surface area contributed by atoms with E-state index in [4.69, 9.17) is 5.11 Å². The molecule has 0 saturated carbocycles. The highest BCUT2D eigenvalue weighted by Crippen LogP contribution is 2.20. The monoisotopic (exact) mass is 309 g/mol. The minimum Gasteiger partial charge on any atom is -0.478 e. The van der Waals surface area contributed by atoms with Gasteiger partial charge >= 0.3 is 5.97 Å². The number of aryl methyl sites for hydroxylation is 2. The lowest BCUT2D eigenvalue weighted by atomic mass is 10.1. The fourth-order valence-electron chi connectivity index (χ4n) is 1.99. The summed E-state index contributed by atoms with van der Waals surface area (Å²) in [6.07, 6.45) is 1.52. The highest BCUT2D eigenvalue weighted by Gasteiger charge is 2.20. The summed E-state index contributed by atoms with van der Waals surface area (Å²) in [5.41, 5.74) is 1.60. The van der Waals surface area contributed by atoms with Crippen LogP contribution in [0.1, 0.15) is 27.2 Å². The Balaban J connectivity index is 2.35. The Morgan fingerprint density at radius 3 is 2.62 bits per heavy atom. The first kappa shape index (κ1) is 15.2. The fraction of sp³-hybridized carbons (Fsp3) is 0.231. The predicted molar refractivity (Wildman–Crippen MR) is 75.5 cm³/mol. The van der Waals surface area contributed by atoms with E-state index >= 15 is 0 Å². The maximum Gasteiger partial charge on any atom is 0.335 e. The molecule has 0 radical (unpaired) electrons. The van der Waals surface area contributed by atoms with Gasteiger partial charge < -0.3 is 5.11 Å². The second-order valence-electron chi connectivity index (χ2n) is 4.64. The third kappa shape index (κ3) is 3.29. The normalized spacial score (nSPS) is 11.5. The fourth-order valence-corrected chi connectivity index (χ4v) is 3.24. The van der Waals surface area contributed by atoms with Crippen molar-refractivity contribution in [2.24, 2.45) is 0 Å². The van der Waals surface area contributed by atoms with Crippen molar-refractivity contribution in [3.63, 3.8) is 0 Å². The molecule has 1 aromatic heterocycles. The Bertz CT molecular complexity index is 767. The average Bonchev–Trinajstić information content (AvgIpc) is 2.88. The van der Waals surface area contributed by atoms with Crippen LogP contribution >= 0.6 is 0 Å². The molecule has 0 spiro atoms. The van der Waals surface area contributed by atoms with Crippen LogP contribution in [-0.4, -0.2) is 29.7 Å². The van der Waals surface area contributed by atoms with Crippen molar-refractivity contribution in [1.82, 2.24) is 14.9 Å². The smallest absolute Gasteiger partial charge is 0.335 e. The molecule has 2 rings (SSSR count). The second-order valence-corrected chi connectivity index (χ2v) is 6.38. The number of rotatable bonds is 5. The lowest BCUT2D eigenvalue weighted by Crippen LogP contribution is -2.24. The number of nitrogens with zero attached hydrogens (tertiary/aromatic N) is 1. The zero-order chi connectivity index (χ0) is 15.6. The van der Waals surface area contributed by atoms with Crippen molar-refractivity contribution in [2.45, 2.75) is 25.3 Å². The molecule has 21 heavy (non-hydrogen) atoms. The number of hydrogen-bond acceptors (Lipinski definition) is 4. The Hall–Kier alpha value is -2.19. The topological polar surface area (TPSA) is 112 Å². The lowest BCUT2D eigenvalue weighted by Gasteiger charge is -2.11. The summed E-state index contributed by atoms with van der Waals surface area (Å²) in [4.78, 5) is 11.1. The number of H-pyrrole nitrogens is 1. The van der Waals surface area contributed by atoms with Gasteiger partial charge in [0.2, 0.25) is 10.0 Å². The van der Waals surface area contributed by atoms with E-state index in [9.17, 15) is 13.2 Å². The molecule has 1 heterocycles. The molecule has 0 fully saturated rings. The Morgan fingerprint density at radius 1 is 1.33 bits per heavy atom. The number of carbonyl (C=O) groups is 1. The van der Waals surface area contributed by atoms with E-state index in [1.807, 2.05) is 0 Å². The van der Waals surface area contributed by atoms with E-state index in [1.165, 1.54) is 12.3 Å². The third-order valence-electron chi connectivity index (χ3n) is 3.05. The van der Waals surface area contributed by atoms with Crippen molar-refractivity contribution >= 4 is 16.0 Å². The average molecular weight is 309 g/mol. The minimum atomic E-state index is -3.80. The summed E-state index contributed by atoms with van der Waals surface area (Å²) < 4.78 is 27.0. The Kier molecular flexibility index (Phi) is 4.10. The molecule has 0 aliphatic carbocycles. The van der Waals surface area contributed by atoms with Crippen LogP contribution in [0.2, 0.25) is 0 Å². The van der Waals surface area contributed by atoms with E-state index in [0.29, 0.717) is 16.8 Å². The lowest BCUT2D eigenvalue weighted by molar-refractivity contribution is 0.0696. The van der Waals surface area contributed by atoms with E-state index in [0.717, 1.165) is 0 Å². The molecule has 3 N–H and O–H groups in total. The standard InChI is InChI=1S/C13H15N3O4S/c1-8-5-9(2)12(6-11(8)13(17)18)21(19,20)15-7-10-3-4-14-16-10/h3-6,15H,7H2,1-2H3,(H,14,16)(H,17,18). The van der Waals surface area contributed by atoms with Crippen molar-refractivity contribution in [1.29, 1.82) is 0 Å². The van der Waals surface area contributed by atoms with Crippen LogP contribution in [0.3, 0.4) is 0 Å². The minimum absolute atomic E-state index is 0.0254. The van der Waals surface area contributed by atoms with Gasteiger partial charge in [0.05, 0.1) is 22.7 Å². The van der Waals surface area contributed by atoms with Crippen LogP contribution in [0.25, 0.3) is 0 Å². The van der Waals surface area contributed by atoms with Crippen molar-refractivity contribution < 1.29 is 18.3 Å². The number of sulfonamides is 1. The Morgan fingerprint density at radius 2 is 2.05 bits per heavy atom. The number of carboxylic acid groups (broad SMARTS) is 1. The molecule has 2 aromatic rings. The van der Waals surface area contributed by atoms with E-state index in [1.54, 1.807) is 26.0 Å². The number of carboxylic acids is 1. The SMILES string of the molecule is Cc1cc(C)c(S(=O)(=O)NCc2ccn[nH]2)cc1C(=O)O. The molecule has 0 aliphatic heterocycles. The summed E-state index contributed by atoms with van der Waals surface area (Å²) in [5, 5.41) is 15.5. The van der Waals surface area contributed by atoms with E-state index in [2.05, 4.69) is 14.9 Å². The molecular formula is C13H15N3O4S. The summed E-state index contributed by atoms with van der Waals surface area (Å²) in [6, 6.07) is 4.38. The van der Waals surface area contributed by atoms with Gasteiger partial charge in [0.15, 0.2) is 0 Å². The number of aromatic amines is 1. The van der Waals surface area contributed by atoms with Crippen molar-refractivity contribution in [3.8, 4) is 0 Å². The van der Waals surface area contributed by atoms with Gasteiger partial charge in [0, 0.05) is 6.20 Å². The number of benzene rings is 1. The zero-order valence-corrected chi connectivity index (χ0v) is 12.4. The van der Waals surface area contributed by atoms with Gasteiger partial charge in [-0.2, -0.15) is 5.10 Å². The molecule has 8 heteroatoms. The number of aromatic carboxylic acids is 1. The molecule has 0 amide bonds.